The van der Waals surface area contributed by atoms with Gasteiger partial charge in [0.05, 0.1) is 18.6 Å². The third kappa shape index (κ3) is 4.93. The van der Waals surface area contributed by atoms with E-state index in [1.807, 2.05) is 0 Å². The van der Waals surface area contributed by atoms with Crippen molar-refractivity contribution in [2.75, 3.05) is 13.7 Å². The van der Waals surface area contributed by atoms with Gasteiger partial charge in [-0.15, -0.1) is 0 Å². The third-order valence-corrected chi connectivity index (χ3v) is 4.30. The number of benzene rings is 1. The number of rotatable bonds is 6. The second-order valence-electron chi connectivity index (χ2n) is 5.07. The van der Waals surface area contributed by atoms with E-state index in [1.54, 1.807) is 13.8 Å². The van der Waals surface area contributed by atoms with Gasteiger partial charge >= 0.3 is 5.97 Å². The quantitative estimate of drug-likeness (QED) is 0.754. The Kier molecular flexibility index (Phi) is 6.52. The molecule has 0 aliphatic rings. The summed E-state index contributed by atoms with van der Waals surface area (Å²) in [6.45, 7) is 2.92. The molecule has 0 aromatic heterocycles. The van der Waals surface area contributed by atoms with Crippen molar-refractivity contribution >= 4 is 21.9 Å². The Morgan fingerprint density at radius 1 is 1.22 bits per heavy atom. The summed E-state index contributed by atoms with van der Waals surface area (Å²) in [5.74, 6) is -1.55. The highest BCUT2D eigenvalue weighted by molar-refractivity contribution is 7.89. The number of ether oxygens (including phenoxy) is 1. The van der Waals surface area contributed by atoms with Gasteiger partial charge in [0.2, 0.25) is 0 Å². The Morgan fingerprint density at radius 2 is 1.78 bits per heavy atom. The molecule has 0 unspecified atom stereocenters. The zero-order valence-corrected chi connectivity index (χ0v) is 14.0. The second-order valence-corrected chi connectivity index (χ2v) is 6.82. The zero-order valence-electron chi connectivity index (χ0n) is 13.2. The van der Waals surface area contributed by atoms with Crippen LogP contribution in [0, 0.1) is 5.92 Å². The zero-order chi connectivity index (χ0) is 17.6. The van der Waals surface area contributed by atoms with Gasteiger partial charge in [-0.3, -0.25) is 4.79 Å². The lowest BCUT2D eigenvalue weighted by atomic mass is 10.1. The highest BCUT2D eigenvalue weighted by Crippen LogP contribution is 2.21. The Balaban J connectivity index is 3.20. The molecular formula is C14H20N2O6S. The second kappa shape index (κ2) is 7.93. The molecule has 0 radical (unpaired) electrons. The molecule has 0 spiro atoms. The standard InChI is InChI=1S/C14H20N2O6S/c1-10(2)8-13(17)16(22-14(18)9-15)23(19,20)12-6-4-11(21-3)5-7-12/h4-7,10H,8-9,15H2,1-3H3. The molecule has 1 aromatic rings. The minimum absolute atomic E-state index is 0.101. The number of carbonyl (C=O) groups is 2. The van der Waals surface area contributed by atoms with Crippen molar-refractivity contribution in [3.8, 4) is 5.75 Å². The molecule has 0 aliphatic carbocycles. The number of methoxy groups -OCH3 is 1. The number of nitrogens with zero attached hydrogens (tertiary/aromatic N) is 1. The van der Waals surface area contributed by atoms with Gasteiger partial charge in [-0.2, -0.15) is 8.42 Å². The maximum Gasteiger partial charge on any atom is 0.347 e. The summed E-state index contributed by atoms with van der Waals surface area (Å²) in [6.07, 6.45) is -0.104. The molecule has 0 fully saturated rings. The number of hydrogen-bond donors (Lipinski definition) is 1. The van der Waals surface area contributed by atoms with Gasteiger partial charge in [0.25, 0.3) is 15.9 Å². The summed E-state index contributed by atoms with van der Waals surface area (Å²) in [5, 5.41) is 0. The molecule has 128 valence electrons. The highest BCUT2D eigenvalue weighted by Gasteiger charge is 2.33. The van der Waals surface area contributed by atoms with Crippen LogP contribution in [0.25, 0.3) is 0 Å². The maximum atomic E-state index is 12.6. The van der Waals surface area contributed by atoms with Gasteiger partial charge in [0.15, 0.2) is 0 Å². The van der Waals surface area contributed by atoms with Crippen LogP contribution in [-0.2, 0) is 24.4 Å². The molecule has 1 aromatic carbocycles. The van der Waals surface area contributed by atoms with Crippen LogP contribution in [0.2, 0.25) is 0 Å². The summed E-state index contributed by atoms with van der Waals surface area (Å²) in [5.41, 5.74) is 5.12. The molecule has 9 heteroatoms. The molecule has 1 rings (SSSR count). The van der Waals surface area contributed by atoms with E-state index in [9.17, 15) is 18.0 Å². The topological polar surface area (TPSA) is 116 Å². The fraction of sp³-hybridized carbons (Fsp3) is 0.429. The Labute approximate surface area is 135 Å². The predicted molar refractivity (Wildman–Crippen MR) is 81.6 cm³/mol. The van der Waals surface area contributed by atoms with Crippen LogP contribution in [0.15, 0.2) is 29.2 Å². The normalized spacial score (nSPS) is 11.2. The van der Waals surface area contributed by atoms with Gasteiger partial charge in [-0.25, -0.2) is 4.79 Å². The van der Waals surface area contributed by atoms with Crippen molar-refractivity contribution < 1.29 is 27.6 Å². The first-order chi connectivity index (χ1) is 10.7. The molecule has 0 saturated carbocycles. The fourth-order valence-electron chi connectivity index (χ4n) is 1.63. The lowest BCUT2D eigenvalue weighted by molar-refractivity contribution is -0.178. The SMILES string of the molecule is COc1ccc(S(=O)(=O)N(OC(=O)CN)C(=O)CC(C)C)cc1. The third-order valence-electron chi connectivity index (χ3n) is 2.71. The van der Waals surface area contributed by atoms with Gasteiger partial charge in [0.1, 0.15) is 5.75 Å². The summed E-state index contributed by atoms with van der Waals surface area (Å²) >= 11 is 0. The molecule has 8 nitrogen and oxygen atoms in total. The number of carbonyl (C=O) groups excluding carboxylic acids is 2. The average Bonchev–Trinajstić information content (AvgIpc) is 2.51. The summed E-state index contributed by atoms with van der Waals surface area (Å²) in [4.78, 5) is 27.9. The van der Waals surface area contributed by atoms with Gasteiger partial charge < -0.3 is 15.3 Å². The van der Waals surface area contributed by atoms with Gasteiger partial charge in [-0.1, -0.05) is 18.3 Å². The molecular weight excluding hydrogens is 324 g/mol. The first-order valence-corrected chi connectivity index (χ1v) is 8.29. The molecule has 0 aliphatic heterocycles. The summed E-state index contributed by atoms with van der Waals surface area (Å²) in [6, 6.07) is 5.34. The molecule has 23 heavy (non-hydrogen) atoms. The first-order valence-electron chi connectivity index (χ1n) is 6.85. The largest absolute Gasteiger partial charge is 0.497 e. The van der Waals surface area contributed by atoms with Crippen LogP contribution < -0.4 is 10.5 Å². The highest BCUT2D eigenvalue weighted by atomic mass is 32.2. The van der Waals surface area contributed by atoms with Crippen molar-refractivity contribution in [2.45, 2.75) is 25.2 Å². The Hall–Kier alpha value is -2.13. The predicted octanol–water partition coefficient (Wildman–Crippen LogP) is 0.675. The number of sulfonamides is 1. The van der Waals surface area contributed by atoms with E-state index in [-0.39, 0.29) is 21.7 Å². The lowest BCUT2D eigenvalue weighted by Crippen LogP contribution is -2.40. The van der Waals surface area contributed by atoms with Crippen molar-refractivity contribution in [1.29, 1.82) is 0 Å². The number of hydrogen-bond acceptors (Lipinski definition) is 7. The number of nitrogens with two attached hydrogens (primary N) is 1. The van der Waals surface area contributed by atoms with E-state index in [0.29, 0.717) is 5.75 Å². The minimum atomic E-state index is -4.35. The fourth-order valence-corrected chi connectivity index (χ4v) is 2.83. The smallest absolute Gasteiger partial charge is 0.347 e. The molecule has 0 saturated heterocycles. The van der Waals surface area contributed by atoms with E-state index in [0.717, 1.165) is 0 Å². The van der Waals surface area contributed by atoms with Gasteiger partial charge in [-0.05, 0) is 30.2 Å². The summed E-state index contributed by atoms with van der Waals surface area (Å²) < 4.78 is 30.2. The van der Waals surface area contributed by atoms with E-state index in [1.165, 1.54) is 31.4 Å². The average molecular weight is 344 g/mol. The molecule has 2 N–H and O–H groups in total. The molecule has 0 bridgehead atoms. The van der Waals surface area contributed by atoms with Crippen LogP contribution in [-0.4, -0.2) is 38.4 Å². The van der Waals surface area contributed by atoms with Crippen molar-refractivity contribution in [3.05, 3.63) is 24.3 Å². The number of hydroxylamine groups is 1. The van der Waals surface area contributed by atoms with Gasteiger partial charge in [0, 0.05) is 6.42 Å². The van der Waals surface area contributed by atoms with Crippen molar-refractivity contribution in [1.82, 2.24) is 4.47 Å². The van der Waals surface area contributed by atoms with Crippen LogP contribution in [0.5, 0.6) is 5.75 Å². The van der Waals surface area contributed by atoms with Crippen LogP contribution >= 0.6 is 0 Å². The first kappa shape index (κ1) is 18.9. The minimum Gasteiger partial charge on any atom is -0.497 e. The lowest BCUT2D eigenvalue weighted by Gasteiger charge is -2.21. The number of amides is 1. The van der Waals surface area contributed by atoms with Crippen LogP contribution in [0.1, 0.15) is 20.3 Å². The molecule has 0 atom stereocenters. The van der Waals surface area contributed by atoms with Crippen molar-refractivity contribution in [2.24, 2.45) is 11.7 Å². The molecule has 1 amide bonds. The van der Waals surface area contributed by atoms with E-state index < -0.39 is 28.4 Å². The van der Waals surface area contributed by atoms with Crippen LogP contribution in [0.4, 0.5) is 0 Å². The van der Waals surface area contributed by atoms with Crippen molar-refractivity contribution in [3.63, 3.8) is 0 Å². The molecule has 0 heterocycles. The van der Waals surface area contributed by atoms with E-state index >= 15 is 0 Å². The van der Waals surface area contributed by atoms with E-state index in [2.05, 4.69) is 4.84 Å². The van der Waals surface area contributed by atoms with E-state index in [4.69, 9.17) is 10.5 Å². The maximum absolute atomic E-state index is 12.6. The summed E-state index contributed by atoms with van der Waals surface area (Å²) in [7, 11) is -2.91. The van der Waals surface area contributed by atoms with Crippen LogP contribution in [0.3, 0.4) is 0 Å². The monoisotopic (exact) mass is 344 g/mol. The Morgan fingerprint density at radius 3 is 2.22 bits per heavy atom. The Bertz CT molecular complexity index is 654.